The Balaban J connectivity index is 1.46. The van der Waals surface area contributed by atoms with Gasteiger partial charge in [0.1, 0.15) is 0 Å². The van der Waals surface area contributed by atoms with Gasteiger partial charge in [-0.05, 0) is 24.3 Å². The zero-order valence-electron chi connectivity index (χ0n) is 14.4. The van der Waals surface area contributed by atoms with Crippen molar-refractivity contribution in [1.82, 2.24) is 14.6 Å². The van der Waals surface area contributed by atoms with Crippen LogP contribution in [0.1, 0.15) is 6.42 Å². The lowest BCUT2D eigenvalue weighted by molar-refractivity contribution is -0.121. The lowest BCUT2D eigenvalue weighted by Crippen LogP contribution is -2.35. The van der Waals surface area contributed by atoms with Crippen LogP contribution >= 0.6 is 0 Å². The molecule has 1 amide bonds. The lowest BCUT2D eigenvalue weighted by Gasteiger charge is -2.08. The van der Waals surface area contributed by atoms with Crippen LogP contribution in [-0.2, 0) is 21.4 Å². The van der Waals surface area contributed by atoms with Crippen molar-refractivity contribution in [3.8, 4) is 0 Å². The van der Waals surface area contributed by atoms with Crippen LogP contribution in [0.15, 0.2) is 68.7 Å². The van der Waals surface area contributed by atoms with E-state index in [2.05, 4.69) is 10.0 Å². The van der Waals surface area contributed by atoms with E-state index in [9.17, 15) is 18.0 Å². The van der Waals surface area contributed by atoms with Crippen molar-refractivity contribution in [2.24, 2.45) is 0 Å². The molecule has 0 saturated carbocycles. The van der Waals surface area contributed by atoms with Crippen LogP contribution in [-0.4, -0.2) is 32.0 Å². The third-order valence-corrected chi connectivity index (χ3v) is 5.41. The van der Waals surface area contributed by atoms with Crippen molar-refractivity contribution < 1.29 is 17.6 Å². The van der Waals surface area contributed by atoms with E-state index in [1.807, 2.05) is 0 Å². The van der Waals surface area contributed by atoms with Crippen LogP contribution in [0.5, 0.6) is 0 Å². The normalized spacial score (nSPS) is 11.6. The molecule has 0 aliphatic rings. The molecule has 2 aromatic carbocycles. The zero-order valence-corrected chi connectivity index (χ0v) is 15.2. The van der Waals surface area contributed by atoms with E-state index in [-0.39, 0.29) is 36.9 Å². The first-order valence-electron chi connectivity index (χ1n) is 8.37. The molecular formula is C18H19N3O5S. The van der Waals surface area contributed by atoms with Gasteiger partial charge in [-0.25, -0.2) is 17.9 Å². The number of oxazole rings is 1. The molecule has 142 valence electrons. The lowest BCUT2D eigenvalue weighted by atomic mass is 10.3. The maximum Gasteiger partial charge on any atom is 0.419 e. The highest BCUT2D eigenvalue weighted by molar-refractivity contribution is 7.89. The number of hydrogen-bond donors (Lipinski definition) is 2. The highest BCUT2D eigenvalue weighted by Crippen LogP contribution is 2.11. The molecule has 0 unspecified atom stereocenters. The van der Waals surface area contributed by atoms with Crippen LogP contribution in [0, 0.1) is 0 Å². The van der Waals surface area contributed by atoms with Gasteiger partial charge in [-0.2, -0.15) is 0 Å². The molecule has 2 N–H and O–H groups in total. The van der Waals surface area contributed by atoms with Gasteiger partial charge in [-0.3, -0.25) is 9.36 Å². The number of carbonyl (C=O) groups excluding carboxylic acids is 1. The van der Waals surface area contributed by atoms with Gasteiger partial charge < -0.3 is 9.73 Å². The van der Waals surface area contributed by atoms with Gasteiger partial charge in [-0.1, -0.05) is 30.3 Å². The molecule has 0 saturated heterocycles. The molecule has 0 atom stereocenters. The van der Waals surface area contributed by atoms with E-state index in [1.165, 1.54) is 16.7 Å². The van der Waals surface area contributed by atoms with E-state index < -0.39 is 15.8 Å². The summed E-state index contributed by atoms with van der Waals surface area (Å²) >= 11 is 0. The Bertz CT molecular complexity index is 1090. The molecule has 9 heteroatoms. The van der Waals surface area contributed by atoms with Gasteiger partial charge in [0.2, 0.25) is 15.9 Å². The Labute approximate surface area is 155 Å². The number of amides is 1. The van der Waals surface area contributed by atoms with Gasteiger partial charge in [0, 0.05) is 26.1 Å². The van der Waals surface area contributed by atoms with Gasteiger partial charge >= 0.3 is 5.76 Å². The Morgan fingerprint density at radius 1 is 1.00 bits per heavy atom. The fourth-order valence-corrected chi connectivity index (χ4v) is 3.65. The number of fused-ring (bicyclic) bond motifs is 1. The molecule has 0 bridgehead atoms. The number of nitrogens with zero attached hydrogens (tertiary/aromatic N) is 1. The molecule has 0 spiro atoms. The van der Waals surface area contributed by atoms with Crippen LogP contribution in [0.4, 0.5) is 0 Å². The largest absolute Gasteiger partial charge is 0.419 e. The summed E-state index contributed by atoms with van der Waals surface area (Å²) in [5, 5.41) is 2.62. The van der Waals surface area contributed by atoms with Gasteiger partial charge in [-0.15, -0.1) is 0 Å². The number of hydrogen-bond acceptors (Lipinski definition) is 5. The summed E-state index contributed by atoms with van der Waals surface area (Å²) in [6, 6.07) is 15.0. The number of aryl methyl sites for hydroxylation is 1. The van der Waals surface area contributed by atoms with Crippen molar-refractivity contribution >= 4 is 27.0 Å². The van der Waals surface area contributed by atoms with E-state index in [4.69, 9.17) is 4.42 Å². The first-order chi connectivity index (χ1) is 13.0. The molecule has 1 heterocycles. The highest BCUT2D eigenvalue weighted by atomic mass is 32.2. The summed E-state index contributed by atoms with van der Waals surface area (Å²) < 4.78 is 33.0. The van der Waals surface area contributed by atoms with Crippen molar-refractivity contribution in [1.29, 1.82) is 0 Å². The standard InChI is InChI=1S/C18H19N3O5S/c22-17(10-13-21-15-8-4-5-9-16(15)26-18(21)23)19-11-12-20-27(24,25)14-6-2-1-3-7-14/h1-9,20H,10-13H2,(H,19,22). The van der Waals surface area contributed by atoms with Crippen LogP contribution in [0.3, 0.4) is 0 Å². The summed E-state index contributed by atoms with van der Waals surface area (Å²) in [5.74, 6) is -0.800. The van der Waals surface area contributed by atoms with Gasteiger partial charge in [0.15, 0.2) is 5.58 Å². The summed E-state index contributed by atoms with van der Waals surface area (Å²) in [6.07, 6.45) is 0.0782. The van der Waals surface area contributed by atoms with Crippen molar-refractivity contribution in [3.63, 3.8) is 0 Å². The number of nitrogens with one attached hydrogen (secondary N) is 2. The number of carbonyl (C=O) groups is 1. The van der Waals surface area contributed by atoms with Crippen LogP contribution in [0.25, 0.3) is 11.1 Å². The number of para-hydroxylation sites is 2. The summed E-state index contributed by atoms with van der Waals surface area (Å²) in [4.78, 5) is 24.0. The zero-order chi connectivity index (χ0) is 19.3. The number of aromatic nitrogens is 1. The average molecular weight is 389 g/mol. The second-order valence-corrected chi connectivity index (χ2v) is 7.57. The Morgan fingerprint density at radius 2 is 1.70 bits per heavy atom. The maximum absolute atomic E-state index is 12.0. The average Bonchev–Trinajstić information content (AvgIpc) is 2.99. The third kappa shape index (κ3) is 4.63. The summed E-state index contributed by atoms with van der Waals surface area (Å²) in [7, 11) is -3.60. The molecule has 0 aliphatic carbocycles. The van der Waals surface area contributed by atoms with Crippen molar-refractivity contribution in [3.05, 3.63) is 65.1 Å². The topological polar surface area (TPSA) is 110 Å². The SMILES string of the molecule is O=C(CCn1c(=O)oc2ccccc21)NCCNS(=O)(=O)c1ccccc1. The van der Waals surface area contributed by atoms with E-state index in [0.717, 1.165) is 0 Å². The van der Waals surface area contributed by atoms with E-state index >= 15 is 0 Å². The highest BCUT2D eigenvalue weighted by Gasteiger charge is 2.13. The van der Waals surface area contributed by atoms with E-state index in [0.29, 0.717) is 11.1 Å². The number of sulfonamides is 1. The summed E-state index contributed by atoms with van der Waals surface area (Å²) in [6.45, 7) is 0.390. The molecule has 3 aromatic rings. The van der Waals surface area contributed by atoms with Gasteiger partial charge in [0.25, 0.3) is 0 Å². The maximum atomic E-state index is 12.0. The fraction of sp³-hybridized carbons (Fsp3) is 0.222. The third-order valence-electron chi connectivity index (χ3n) is 3.93. The predicted molar refractivity (Wildman–Crippen MR) is 99.7 cm³/mol. The molecule has 3 rings (SSSR count). The first kappa shape index (κ1) is 18.9. The monoisotopic (exact) mass is 389 g/mol. The number of benzene rings is 2. The van der Waals surface area contributed by atoms with Crippen molar-refractivity contribution in [2.75, 3.05) is 13.1 Å². The quantitative estimate of drug-likeness (QED) is 0.560. The Kier molecular flexibility index (Phi) is 5.72. The predicted octanol–water partition coefficient (Wildman–Crippen LogP) is 1.08. The first-order valence-corrected chi connectivity index (χ1v) is 9.85. The van der Waals surface area contributed by atoms with Gasteiger partial charge in [0.05, 0.1) is 10.4 Å². The van der Waals surface area contributed by atoms with Crippen LogP contribution < -0.4 is 15.8 Å². The second kappa shape index (κ2) is 8.19. The minimum Gasteiger partial charge on any atom is -0.408 e. The van der Waals surface area contributed by atoms with Crippen molar-refractivity contribution in [2.45, 2.75) is 17.9 Å². The molecular weight excluding hydrogens is 370 g/mol. The fourth-order valence-electron chi connectivity index (χ4n) is 2.60. The van der Waals surface area contributed by atoms with Crippen LogP contribution in [0.2, 0.25) is 0 Å². The molecule has 8 nitrogen and oxygen atoms in total. The molecule has 0 radical (unpaired) electrons. The Hall–Kier alpha value is -2.91. The molecule has 0 aliphatic heterocycles. The minimum absolute atomic E-state index is 0.0670. The second-order valence-electron chi connectivity index (χ2n) is 5.80. The molecule has 1 aromatic heterocycles. The Morgan fingerprint density at radius 3 is 2.48 bits per heavy atom. The molecule has 0 fully saturated rings. The van der Waals surface area contributed by atoms with E-state index in [1.54, 1.807) is 42.5 Å². The number of rotatable bonds is 8. The minimum atomic E-state index is -3.60. The smallest absolute Gasteiger partial charge is 0.408 e. The summed E-state index contributed by atoms with van der Waals surface area (Å²) in [5.41, 5.74) is 1.10. The molecule has 27 heavy (non-hydrogen) atoms.